The van der Waals surface area contributed by atoms with Crippen molar-refractivity contribution in [2.24, 2.45) is 0 Å². The van der Waals surface area contributed by atoms with Crippen molar-refractivity contribution in [3.05, 3.63) is 47.7 Å². The predicted octanol–water partition coefficient (Wildman–Crippen LogP) is 8.93. The van der Waals surface area contributed by atoms with Gasteiger partial charge in [0.1, 0.15) is 49.4 Å². The molecule has 2 N–H and O–H groups in total. The number of ether oxygens (including phenoxy) is 1. The number of hydrogen-bond acceptors (Lipinski definition) is 7. The summed E-state index contributed by atoms with van der Waals surface area (Å²) in [6.07, 6.45) is 4.70. The smallest absolute Gasteiger partial charge is 0.319 e. The standard InChI is InChI=1S/C39H46F3N5O2Si/c1-22(2)50(23(3)4,24(5)6)15-12-29-32(41)11-8-25-16-28(48)17-30(33(25)29)35-34(42)36-31(19-43-35)37(44-27-9-10-27)46-38(45-36)49-21-39-13-7-14-47(39)20-26(40)18-39/h8,11,16-17,19,22-24,26-27,48H,7,9-10,13-14,18,20-21H2,1-6H3,(H,44,45,46)/t26-,39+/m1/s1. The van der Waals surface area contributed by atoms with Gasteiger partial charge in [-0.15, -0.1) is 5.54 Å². The lowest BCUT2D eigenvalue weighted by molar-refractivity contribution is 0.107. The third kappa shape index (κ3) is 5.98. The Bertz CT molecular complexity index is 2000. The molecule has 11 heteroatoms. The Balaban J connectivity index is 1.37. The van der Waals surface area contributed by atoms with Crippen molar-refractivity contribution in [1.82, 2.24) is 19.9 Å². The molecule has 7 rings (SSSR count). The minimum absolute atomic E-state index is 0.00375. The number of pyridine rings is 1. The number of nitrogens with one attached hydrogen (secondary N) is 1. The van der Waals surface area contributed by atoms with Crippen molar-refractivity contribution in [1.29, 1.82) is 0 Å². The van der Waals surface area contributed by atoms with Crippen molar-refractivity contribution >= 4 is 35.6 Å². The van der Waals surface area contributed by atoms with Gasteiger partial charge in [0.2, 0.25) is 0 Å². The zero-order valence-corrected chi connectivity index (χ0v) is 30.7. The number of hydrogen-bond donors (Lipinski definition) is 2. The number of rotatable bonds is 9. The fourth-order valence-corrected chi connectivity index (χ4v) is 14.0. The molecule has 2 aromatic heterocycles. The molecule has 0 bridgehead atoms. The number of phenols is 1. The number of halogens is 3. The highest BCUT2D eigenvalue weighted by Gasteiger charge is 2.49. The minimum atomic E-state index is -2.26. The van der Waals surface area contributed by atoms with Crippen LogP contribution in [0.3, 0.4) is 0 Å². The molecule has 1 aliphatic carbocycles. The van der Waals surface area contributed by atoms with E-state index in [-0.39, 0.29) is 46.7 Å². The van der Waals surface area contributed by atoms with Crippen LogP contribution in [0.15, 0.2) is 30.5 Å². The van der Waals surface area contributed by atoms with E-state index >= 15 is 8.78 Å². The molecule has 2 aromatic carbocycles. The third-order valence-corrected chi connectivity index (χ3v) is 17.7. The zero-order chi connectivity index (χ0) is 35.5. The molecule has 2 saturated heterocycles. The third-order valence-electron chi connectivity index (χ3n) is 11.4. The lowest BCUT2D eigenvalue weighted by Crippen LogP contribution is -2.43. The Labute approximate surface area is 293 Å². The van der Waals surface area contributed by atoms with Gasteiger partial charge < -0.3 is 15.2 Å². The molecule has 4 heterocycles. The van der Waals surface area contributed by atoms with Crippen molar-refractivity contribution in [2.75, 3.05) is 25.0 Å². The summed E-state index contributed by atoms with van der Waals surface area (Å²) in [6, 6.07) is 6.05. The number of benzene rings is 2. The molecular weight excluding hydrogens is 656 g/mol. The van der Waals surface area contributed by atoms with E-state index in [2.05, 4.69) is 78.2 Å². The van der Waals surface area contributed by atoms with E-state index < -0.39 is 31.4 Å². The molecule has 0 amide bonds. The van der Waals surface area contributed by atoms with E-state index in [1.54, 1.807) is 6.07 Å². The van der Waals surface area contributed by atoms with E-state index in [1.807, 2.05) is 0 Å². The van der Waals surface area contributed by atoms with Crippen molar-refractivity contribution in [3.63, 3.8) is 0 Å². The van der Waals surface area contributed by atoms with Gasteiger partial charge in [-0.2, -0.15) is 9.97 Å². The van der Waals surface area contributed by atoms with Gasteiger partial charge in [0.05, 0.1) is 16.5 Å². The van der Waals surface area contributed by atoms with Gasteiger partial charge >= 0.3 is 6.01 Å². The molecule has 7 nitrogen and oxygen atoms in total. The van der Waals surface area contributed by atoms with Crippen LogP contribution in [0.4, 0.5) is 19.0 Å². The summed E-state index contributed by atoms with van der Waals surface area (Å²) in [5, 5.41) is 15.5. The Morgan fingerprint density at radius 3 is 2.52 bits per heavy atom. The molecule has 264 valence electrons. The van der Waals surface area contributed by atoms with Crippen molar-refractivity contribution in [2.45, 2.75) is 108 Å². The van der Waals surface area contributed by atoms with Gasteiger partial charge in [0, 0.05) is 36.2 Å². The van der Waals surface area contributed by atoms with Gasteiger partial charge in [-0.1, -0.05) is 53.5 Å². The second-order valence-electron chi connectivity index (χ2n) is 15.5. The predicted molar refractivity (Wildman–Crippen MR) is 195 cm³/mol. The SMILES string of the molecule is CC(C)[Si](C#Cc1c(F)ccc2cc(O)cc(-c3ncc4c(NC5CC5)nc(OC[C@@]56CCCN5C[C@H](F)C6)nc4c3F)c12)(C(C)C)C(C)C. The first-order valence-corrected chi connectivity index (χ1v) is 20.2. The maximum atomic E-state index is 17.0. The molecule has 0 unspecified atom stereocenters. The lowest BCUT2D eigenvalue weighted by Gasteiger charge is -2.38. The summed E-state index contributed by atoms with van der Waals surface area (Å²) in [7, 11) is -2.26. The average Bonchev–Trinajstić information content (AvgIpc) is 3.70. The van der Waals surface area contributed by atoms with Crippen LogP contribution in [-0.2, 0) is 0 Å². The lowest BCUT2D eigenvalue weighted by atomic mass is 9.95. The minimum Gasteiger partial charge on any atom is -0.508 e. The topological polar surface area (TPSA) is 83.4 Å². The molecule has 2 aliphatic heterocycles. The van der Waals surface area contributed by atoms with E-state index in [1.165, 1.54) is 24.4 Å². The first-order chi connectivity index (χ1) is 23.8. The highest BCUT2D eigenvalue weighted by Crippen LogP contribution is 2.43. The quantitative estimate of drug-likeness (QED) is 0.133. The number of alkyl halides is 1. The average molecular weight is 702 g/mol. The van der Waals surface area contributed by atoms with Crippen LogP contribution in [0.1, 0.15) is 79.2 Å². The molecule has 3 aliphatic rings. The molecule has 50 heavy (non-hydrogen) atoms. The Morgan fingerprint density at radius 1 is 1.08 bits per heavy atom. The van der Waals surface area contributed by atoms with Crippen LogP contribution in [0.2, 0.25) is 16.6 Å². The molecule has 4 aromatic rings. The summed E-state index contributed by atoms with van der Waals surface area (Å²) >= 11 is 0. The monoisotopic (exact) mass is 701 g/mol. The highest BCUT2D eigenvalue weighted by molar-refractivity contribution is 6.90. The molecule has 2 atom stereocenters. The van der Waals surface area contributed by atoms with Crippen LogP contribution in [0.5, 0.6) is 11.8 Å². The van der Waals surface area contributed by atoms with Crippen LogP contribution >= 0.6 is 0 Å². The second-order valence-corrected chi connectivity index (χ2v) is 21.1. The largest absolute Gasteiger partial charge is 0.508 e. The Kier molecular flexibility index (Phi) is 9.00. The van der Waals surface area contributed by atoms with E-state index in [4.69, 9.17) is 4.74 Å². The molecule has 0 radical (unpaired) electrons. The van der Waals surface area contributed by atoms with Gasteiger partial charge in [-0.3, -0.25) is 9.88 Å². The fraction of sp³-hybridized carbons (Fsp3) is 0.513. The number of anilines is 1. The normalized spacial score (nSPS) is 21.0. The van der Waals surface area contributed by atoms with Crippen LogP contribution in [0, 0.1) is 23.1 Å². The zero-order valence-electron chi connectivity index (χ0n) is 29.7. The maximum Gasteiger partial charge on any atom is 0.319 e. The van der Waals surface area contributed by atoms with E-state index in [0.717, 1.165) is 32.2 Å². The van der Waals surface area contributed by atoms with Crippen LogP contribution < -0.4 is 10.1 Å². The number of nitrogens with zero attached hydrogens (tertiary/aromatic N) is 4. The summed E-state index contributed by atoms with van der Waals surface area (Å²) < 4.78 is 53.5. The van der Waals surface area contributed by atoms with Crippen LogP contribution in [-0.4, -0.2) is 70.5 Å². The number of fused-ring (bicyclic) bond motifs is 3. The molecule has 0 spiro atoms. The van der Waals surface area contributed by atoms with Gasteiger partial charge in [0.25, 0.3) is 0 Å². The van der Waals surface area contributed by atoms with Gasteiger partial charge in [-0.05, 0) is 72.4 Å². The van der Waals surface area contributed by atoms with E-state index in [9.17, 15) is 9.50 Å². The molecule has 3 fully saturated rings. The number of aromatic nitrogens is 3. The molecule has 1 saturated carbocycles. The summed E-state index contributed by atoms with van der Waals surface area (Å²) in [5.74, 6) is 2.29. The first kappa shape index (κ1) is 34.6. The van der Waals surface area contributed by atoms with Gasteiger partial charge in [-0.25, -0.2) is 13.2 Å². The maximum absolute atomic E-state index is 17.0. The second kappa shape index (κ2) is 13.0. The van der Waals surface area contributed by atoms with Crippen molar-refractivity contribution in [3.8, 4) is 34.5 Å². The summed E-state index contributed by atoms with van der Waals surface area (Å²) in [6.45, 7) is 14.6. The first-order valence-electron chi connectivity index (χ1n) is 18.0. The number of aromatic hydroxyl groups is 1. The van der Waals surface area contributed by atoms with Crippen LogP contribution in [0.25, 0.3) is 32.9 Å². The van der Waals surface area contributed by atoms with Gasteiger partial charge in [0.15, 0.2) is 5.82 Å². The van der Waals surface area contributed by atoms with Crippen molar-refractivity contribution < 1.29 is 23.0 Å². The Hall–Kier alpha value is -3.88. The Morgan fingerprint density at radius 2 is 1.82 bits per heavy atom. The molecular formula is C39H46F3N5O2Si. The number of phenolic OH excluding ortho intramolecular Hbond substituents is 1. The fourth-order valence-electron chi connectivity index (χ4n) is 8.80. The highest BCUT2D eigenvalue weighted by atomic mass is 28.3. The van der Waals surface area contributed by atoms with E-state index in [0.29, 0.717) is 51.6 Å². The summed E-state index contributed by atoms with van der Waals surface area (Å²) in [4.78, 5) is 15.9. The summed E-state index contributed by atoms with van der Waals surface area (Å²) in [5.41, 5.74) is 4.44.